The zero-order chi connectivity index (χ0) is 24.2. The van der Waals surface area contributed by atoms with Crippen LogP contribution in [0.3, 0.4) is 0 Å². The molecule has 2 aromatic rings. The topological polar surface area (TPSA) is 98.8 Å². The van der Waals surface area contributed by atoms with Crippen LogP contribution in [-0.4, -0.2) is 69.2 Å². The van der Waals surface area contributed by atoms with E-state index in [1.54, 1.807) is 19.1 Å². The van der Waals surface area contributed by atoms with E-state index in [9.17, 15) is 22.4 Å². The molecule has 0 radical (unpaired) electrons. The van der Waals surface area contributed by atoms with E-state index in [4.69, 9.17) is 0 Å². The lowest BCUT2D eigenvalue weighted by Crippen LogP contribution is -2.46. The van der Waals surface area contributed by atoms with Gasteiger partial charge in [0.15, 0.2) is 0 Å². The maximum atomic E-state index is 13.0. The third-order valence-electron chi connectivity index (χ3n) is 5.63. The summed E-state index contributed by atoms with van der Waals surface area (Å²) >= 11 is 0. The SMILES string of the molecule is Cc1ccc(NC(=O)CN2CCC(NC(=O)c3ccc(F)cc3)CC2)cc1S(=O)(=O)N(C)C. The first-order valence-electron chi connectivity index (χ1n) is 10.7. The van der Waals surface area contributed by atoms with Crippen LogP contribution in [0.1, 0.15) is 28.8 Å². The van der Waals surface area contributed by atoms with Crippen molar-refractivity contribution in [3.8, 4) is 0 Å². The number of carbonyl (C=O) groups is 2. The highest BCUT2D eigenvalue weighted by Crippen LogP contribution is 2.22. The highest BCUT2D eigenvalue weighted by molar-refractivity contribution is 7.89. The van der Waals surface area contributed by atoms with E-state index in [1.807, 2.05) is 4.90 Å². The number of benzene rings is 2. The molecule has 2 amide bonds. The second-order valence-corrected chi connectivity index (χ2v) is 10.5. The molecule has 0 atom stereocenters. The van der Waals surface area contributed by atoms with Crippen LogP contribution in [-0.2, 0) is 14.8 Å². The summed E-state index contributed by atoms with van der Waals surface area (Å²) in [4.78, 5) is 27.0. The van der Waals surface area contributed by atoms with E-state index >= 15 is 0 Å². The Balaban J connectivity index is 1.50. The fourth-order valence-corrected chi connectivity index (χ4v) is 4.81. The van der Waals surface area contributed by atoms with Crippen LogP contribution in [0.25, 0.3) is 0 Å². The molecule has 2 N–H and O–H groups in total. The largest absolute Gasteiger partial charge is 0.349 e. The third-order valence-corrected chi connectivity index (χ3v) is 7.58. The zero-order valence-corrected chi connectivity index (χ0v) is 19.8. The molecule has 0 aromatic heterocycles. The number of hydrogen-bond donors (Lipinski definition) is 2. The lowest BCUT2D eigenvalue weighted by atomic mass is 10.0. The number of halogens is 1. The van der Waals surface area contributed by atoms with E-state index in [2.05, 4.69) is 10.6 Å². The number of piperidine rings is 1. The van der Waals surface area contributed by atoms with E-state index in [0.717, 1.165) is 4.31 Å². The number of amides is 2. The lowest BCUT2D eigenvalue weighted by molar-refractivity contribution is -0.117. The van der Waals surface area contributed by atoms with Gasteiger partial charge < -0.3 is 10.6 Å². The minimum Gasteiger partial charge on any atom is -0.349 e. The summed E-state index contributed by atoms with van der Waals surface area (Å²) < 4.78 is 39.1. The third kappa shape index (κ3) is 6.37. The maximum absolute atomic E-state index is 13.0. The molecule has 0 aliphatic carbocycles. The van der Waals surface area contributed by atoms with Crippen LogP contribution < -0.4 is 10.6 Å². The molecule has 1 heterocycles. The van der Waals surface area contributed by atoms with Gasteiger partial charge in [0, 0.05) is 44.5 Å². The van der Waals surface area contributed by atoms with Gasteiger partial charge in [-0.1, -0.05) is 6.07 Å². The van der Waals surface area contributed by atoms with Crippen LogP contribution in [0, 0.1) is 12.7 Å². The molecular formula is C23H29FN4O4S. The molecule has 1 fully saturated rings. The standard InChI is InChI=1S/C23H29FN4O4S/c1-16-4-9-20(14-21(16)33(31,32)27(2)3)25-22(29)15-28-12-10-19(11-13-28)26-23(30)17-5-7-18(24)8-6-17/h4-9,14,19H,10-13,15H2,1-3H3,(H,25,29)(H,26,30). The summed E-state index contributed by atoms with van der Waals surface area (Å²) in [6.45, 7) is 3.15. The Morgan fingerprint density at radius 3 is 2.33 bits per heavy atom. The number of likely N-dealkylation sites (tertiary alicyclic amines) is 1. The van der Waals surface area contributed by atoms with E-state index in [1.165, 1.54) is 44.4 Å². The fourth-order valence-electron chi connectivity index (χ4n) is 3.66. The summed E-state index contributed by atoms with van der Waals surface area (Å²) in [5.41, 5.74) is 1.44. The minimum atomic E-state index is -3.61. The van der Waals surface area contributed by atoms with Gasteiger partial charge in [0.2, 0.25) is 15.9 Å². The average molecular weight is 477 g/mol. The van der Waals surface area contributed by atoms with Crippen molar-refractivity contribution in [1.82, 2.24) is 14.5 Å². The van der Waals surface area contributed by atoms with Crippen LogP contribution in [0.5, 0.6) is 0 Å². The number of nitrogens with zero attached hydrogens (tertiary/aromatic N) is 2. The molecule has 1 aliphatic rings. The second kappa shape index (κ2) is 10.4. The van der Waals surface area contributed by atoms with Crippen molar-refractivity contribution in [1.29, 1.82) is 0 Å². The smallest absolute Gasteiger partial charge is 0.251 e. The van der Waals surface area contributed by atoms with Gasteiger partial charge >= 0.3 is 0 Å². The molecular weight excluding hydrogens is 447 g/mol. The van der Waals surface area contributed by atoms with E-state index in [0.29, 0.717) is 42.7 Å². The molecule has 1 aliphatic heterocycles. The Morgan fingerprint density at radius 1 is 1.09 bits per heavy atom. The van der Waals surface area contributed by atoms with Crippen molar-refractivity contribution >= 4 is 27.5 Å². The van der Waals surface area contributed by atoms with Gasteiger partial charge in [0.05, 0.1) is 11.4 Å². The number of hydrogen-bond acceptors (Lipinski definition) is 5. The highest BCUT2D eigenvalue weighted by Gasteiger charge is 2.24. The molecule has 2 aromatic carbocycles. The van der Waals surface area contributed by atoms with Crippen molar-refractivity contribution in [3.05, 3.63) is 59.4 Å². The zero-order valence-electron chi connectivity index (χ0n) is 19.0. The number of rotatable bonds is 7. The Bertz CT molecular complexity index is 1110. The van der Waals surface area contributed by atoms with Crippen LogP contribution in [0.4, 0.5) is 10.1 Å². The first-order valence-corrected chi connectivity index (χ1v) is 12.1. The molecule has 0 spiro atoms. The summed E-state index contributed by atoms with van der Waals surface area (Å²) in [6.07, 6.45) is 1.38. The fraction of sp³-hybridized carbons (Fsp3) is 0.391. The summed E-state index contributed by atoms with van der Waals surface area (Å²) in [6, 6.07) is 10.2. The Labute approximate surface area is 193 Å². The number of carbonyl (C=O) groups excluding carboxylic acids is 2. The van der Waals surface area contributed by atoms with Crippen LogP contribution in [0.2, 0.25) is 0 Å². The van der Waals surface area contributed by atoms with Crippen molar-refractivity contribution in [2.45, 2.75) is 30.7 Å². The van der Waals surface area contributed by atoms with Gasteiger partial charge in [-0.15, -0.1) is 0 Å². The Kier molecular flexibility index (Phi) is 7.83. The van der Waals surface area contributed by atoms with Crippen molar-refractivity contribution < 1.29 is 22.4 Å². The average Bonchev–Trinajstić information content (AvgIpc) is 2.76. The lowest BCUT2D eigenvalue weighted by Gasteiger charge is -2.31. The summed E-state index contributed by atoms with van der Waals surface area (Å²) in [5.74, 6) is -0.866. The normalized spacial score (nSPS) is 15.4. The van der Waals surface area contributed by atoms with Crippen LogP contribution >= 0.6 is 0 Å². The van der Waals surface area contributed by atoms with Gasteiger partial charge in [-0.05, 0) is 61.7 Å². The van der Waals surface area contributed by atoms with Gasteiger partial charge in [-0.3, -0.25) is 14.5 Å². The molecule has 0 unspecified atom stereocenters. The minimum absolute atomic E-state index is 0.0160. The predicted molar refractivity (Wildman–Crippen MR) is 124 cm³/mol. The number of anilines is 1. The highest BCUT2D eigenvalue weighted by atomic mass is 32.2. The molecule has 0 bridgehead atoms. The van der Waals surface area contributed by atoms with Crippen molar-refractivity contribution in [3.63, 3.8) is 0 Å². The summed E-state index contributed by atoms with van der Waals surface area (Å²) in [7, 11) is -0.685. The molecule has 1 saturated heterocycles. The predicted octanol–water partition coefficient (Wildman–Crippen LogP) is 2.22. The van der Waals surface area contributed by atoms with Crippen molar-refractivity contribution in [2.75, 3.05) is 39.0 Å². The number of aryl methyl sites for hydroxylation is 1. The number of sulfonamides is 1. The summed E-state index contributed by atoms with van der Waals surface area (Å²) in [5, 5.41) is 5.73. The molecule has 33 heavy (non-hydrogen) atoms. The second-order valence-electron chi connectivity index (χ2n) is 8.35. The van der Waals surface area contributed by atoms with Gasteiger partial charge in [0.25, 0.3) is 5.91 Å². The van der Waals surface area contributed by atoms with E-state index in [-0.39, 0.29) is 35.1 Å². The van der Waals surface area contributed by atoms with Gasteiger partial charge in [-0.2, -0.15) is 0 Å². The maximum Gasteiger partial charge on any atom is 0.251 e. The Hall–Kier alpha value is -2.82. The molecule has 3 rings (SSSR count). The van der Waals surface area contributed by atoms with Gasteiger partial charge in [-0.25, -0.2) is 17.1 Å². The first-order chi connectivity index (χ1) is 15.6. The van der Waals surface area contributed by atoms with Crippen LogP contribution in [0.15, 0.2) is 47.4 Å². The number of nitrogens with one attached hydrogen (secondary N) is 2. The molecule has 8 nitrogen and oxygen atoms in total. The Morgan fingerprint density at radius 2 is 1.73 bits per heavy atom. The molecule has 0 saturated carbocycles. The monoisotopic (exact) mass is 476 g/mol. The first kappa shape index (κ1) is 24.8. The van der Waals surface area contributed by atoms with Gasteiger partial charge in [0.1, 0.15) is 5.82 Å². The molecule has 10 heteroatoms. The quantitative estimate of drug-likeness (QED) is 0.639. The molecule has 178 valence electrons. The van der Waals surface area contributed by atoms with Crippen molar-refractivity contribution in [2.24, 2.45) is 0 Å². The van der Waals surface area contributed by atoms with E-state index < -0.39 is 10.0 Å².